The average Bonchev–Trinajstić information content (AvgIpc) is 2.87. The van der Waals surface area contributed by atoms with Gasteiger partial charge in [0.25, 0.3) is 5.91 Å². The Labute approximate surface area is 191 Å². The third-order valence-electron chi connectivity index (χ3n) is 6.41. The van der Waals surface area contributed by atoms with Crippen LogP contribution < -0.4 is 5.46 Å². The fourth-order valence-electron chi connectivity index (χ4n) is 3.78. The summed E-state index contributed by atoms with van der Waals surface area (Å²) in [5.41, 5.74) is 0.395. The van der Waals surface area contributed by atoms with Crippen molar-refractivity contribution in [3.63, 3.8) is 0 Å². The quantitative estimate of drug-likeness (QED) is 0.652. The molecular weight excluding hydrogens is 409 g/mol. The average molecular weight is 445 g/mol. The lowest BCUT2D eigenvalue weighted by atomic mass is 9.79. The van der Waals surface area contributed by atoms with E-state index < -0.39 is 23.9 Å². The molecule has 9 heteroatoms. The molecule has 3 rings (SSSR count). The molecule has 0 aromatic carbocycles. The van der Waals surface area contributed by atoms with Gasteiger partial charge in [-0.15, -0.1) is 0 Å². The van der Waals surface area contributed by atoms with Gasteiger partial charge in [0.2, 0.25) is 0 Å². The van der Waals surface area contributed by atoms with Crippen molar-refractivity contribution >= 4 is 24.6 Å². The third-order valence-corrected chi connectivity index (χ3v) is 6.41. The van der Waals surface area contributed by atoms with Gasteiger partial charge in [-0.25, -0.2) is 4.79 Å². The van der Waals surface area contributed by atoms with Gasteiger partial charge in [-0.2, -0.15) is 0 Å². The molecular formula is C23H36BN3O5. The molecule has 2 aliphatic rings. The number of aromatic nitrogens is 1. The van der Waals surface area contributed by atoms with Crippen molar-refractivity contribution < 1.29 is 23.6 Å². The largest absolute Gasteiger partial charge is 0.496 e. The summed E-state index contributed by atoms with van der Waals surface area (Å²) < 4.78 is 17.7. The molecule has 1 aromatic heterocycles. The van der Waals surface area contributed by atoms with Crippen LogP contribution in [0.1, 0.15) is 71.4 Å². The fraction of sp³-hybridized carbons (Fsp3) is 0.696. The Hall–Kier alpha value is -2.13. The summed E-state index contributed by atoms with van der Waals surface area (Å²) in [4.78, 5) is 33.7. The van der Waals surface area contributed by atoms with E-state index in [4.69, 9.17) is 14.0 Å². The number of nitrogens with zero attached hydrogens (tertiary/aromatic N) is 3. The van der Waals surface area contributed by atoms with Crippen molar-refractivity contribution in [1.82, 2.24) is 14.8 Å². The van der Waals surface area contributed by atoms with Crippen LogP contribution in [-0.4, -0.2) is 76.4 Å². The lowest BCUT2D eigenvalue weighted by molar-refractivity contribution is 0.00196. The number of piperazine rings is 1. The highest BCUT2D eigenvalue weighted by atomic mass is 16.7. The first kappa shape index (κ1) is 24.5. The maximum atomic E-state index is 13.4. The summed E-state index contributed by atoms with van der Waals surface area (Å²) in [6.45, 7) is 18.5. The van der Waals surface area contributed by atoms with Crippen LogP contribution in [0.3, 0.4) is 0 Å². The van der Waals surface area contributed by atoms with Crippen LogP contribution in [0, 0.1) is 6.92 Å². The zero-order valence-corrected chi connectivity index (χ0v) is 20.8. The molecule has 32 heavy (non-hydrogen) atoms. The van der Waals surface area contributed by atoms with Gasteiger partial charge in [-0.05, 0) is 68.4 Å². The predicted molar refractivity (Wildman–Crippen MR) is 123 cm³/mol. The van der Waals surface area contributed by atoms with Crippen molar-refractivity contribution in [2.45, 2.75) is 85.2 Å². The lowest BCUT2D eigenvalue weighted by Crippen LogP contribution is -2.56. The van der Waals surface area contributed by atoms with Gasteiger partial charge >= 0.3 is 13.2 Å². The maximum absolute atomic E-state index is 13.4. The highest BCUT2D eigenvalue weighted by Gasteiger charge is 2.52. The number of rotatable bonds is 2. The summed E-state index contributed by atoms with van der Waals surface area (Å²) >= 11 is 0. The second-order valence-electron chi connectivity index (χ2n) is 10.8. The number of pyridine rings is 1. The standard InChI is InChI=1S/C23H36BN3O5/c1-15-14-26(10-11-27(15)20(29)30-21(3,4)5)19(28)18-12-17(13-25-16(18)2)24-31-22(6,7)23(8,9)32-24/h12-13,15H,10-11,14H2,1-9H3. The molecule has 1 aromatic rings. The van der Waals surface area contributed by atoms with Crippen LogP contribution in [0.25, 0.3) is 0 Å². The van der Waals surface area contributed by atoms with Gasteiger partial charge in [-0.1, -0.05) is 0 Å². The van der Waals surface area contributed by atoms with Crippen LogP contribution in [0.15, 0.2) is 12.3 Å². The molecule has 0 saturated carbocycles. The molecule has 2 fully saturated rings. The minimum atomic E-state index is -0.581. The number of carbonyl (C=O) groups excluding carboxylic acids is 2. The van der Waals surface area contributed by atoms with Gasteiger partial charge in [0, 0.05) is 43.0 Å². The smallest absolute Gasteiger partial charge is 0.444 e. The van der Waals surface area contributed by atoms with Crippen LogP contribution in [0.2, 0.25) is 0 Å². The summed E-state index contributed by atoms with van der Waals surface area (Å²) in [6, 6.07) is 1.67. The van der Waals surface area contributed by atoms with Crippen molar-refractivity contribution in [3.8, 4) is 0 Å². The molecule has 8 nitrogen and oxygen atoms in total. The van der Waals surface area contributed by atoms with E-state index in [1.54, 1.807) is 16.0 Å². The van der Waals surface area contributed by atoms with E-state index in [0.717, 1.165) is 5.46 Å². The Morgan fingerprint density at radius 2 is 1.75 bits per heavy atom. The van der Waals surface area contributed by atoms with Crippen LogP contribution in [0.5, 0.6) is 0 Å². The monoisotopic (exact) mass is 445 g/mol. The second-order valence-corrected chi connectivity index (χ2v) is 10.8. The lowest BCUT2D eigenvalue weighted by Gasteiger charge is -2.40. The molecule has 2 aliphatic heterocycles. The Bertz CT molecular complexity index is 880. The molecule has 2 saturated heterocycles. The van der Waals surface area contributed by atoms with Gasteiger partial charge < -0.3 is 23.8 Å². The second kappa shape index (κ2) is 8.34. The topological polar surface area (TPSA) is 81.2 Å². The molecule has 0 spiro atoms. The molecule has 0 N–H and O–H groups in total. The van der Waals surface area contributed by atoms with Crippen LogP contribution in [-0.2, 0) is 14.0 Å². The zero-order chi connectivity index (χ0) is 24.1. The van der Waals surface area contributed by atoms with E-state index >= 15 is 0 Å². The van der Waals surface area contributed by atoms with Gasteiger partial charge in [-0.3, -0.25) is 9.78 Å². The Balaban J connectivity index is 1.74. The SMILES string of the molecule is Cc1ncc(B2OC(C)(C)C(C)(C)O2)cc1C(=O)N1CCN(C(=O)OC(C)(C)C)C(C)C1. The summed E-state index contributed by atoms with van der Waals surface area (Å²) in [5, 5.41) is 0. The minimum Gasteiger partial charge on any atom is -0.444 e. The Morgan fingerprint density at radius 3 is 2.28 bits per heavy atom. The normalized spacial score (nSPS) is 22.8. The predicted octanol–water partition coefficient (Wildman–Crippen LogP) is 2.77. The summed E-state index contributed by atoms with van der Waals surface area (Å²) in [5.74, 6) is -0.107. The van der Waals surface area contributed by atoms with Gasteiger partial charge in [0.05, 0.1) is 16.8 Å². The maximum Gasteiger partial charge on any atom is 0.496 e. The highest BCUT2D eigenvalue weighted by molar-refractivity contribution is 6.62. The van der Waals surface area contributed by atoms with E-state index in [2.05, 4.69) is 4.98 Å². The fourth-order valence-corrected chi connectivity index (χ4v) is 3.78. The van der Waals surface area contributed by atoms with Gasteiger partial charge in [0.15, 0.2) is 0 Å². The number of hydrogen-bond donors (Lipinski definition) is 0. The summed E-state index contributed by atoms with van der Waals surface area (Å²) in [7, 11) is -0.581. The number of carbonyl (C=O) groups is 2. The summed E-state index contributed by atoms with van der Waals surface area (Å²) in [6.07, 6.45) is 1.36. The molecule has 3 heterocycles. The Morgan fingerprint density at radius 1 is 1.16 bits per heavy atom. The molecule has 1 atom stereocenters. The molecule has 176 valence electrons. The molecule has 0 aliphatic carbocycles. The van der Waals surface area contributed by atoms with Crippen molar-refractivity contribution in [1.29, 1.82) is 0 Å². The number of hydrogen-bond acceptors (Lipinski definition) is 6. The third kappa shape index (κ3) is 4.93. The number of ether oxygens (including phenoxy) is 1. The van der Waals surface area contributed by atoms with E-state index in [9.17, 15) is 9.59 Å². The molecule has 0 radical (unpaired) electrons. The minimum absolute atomic E-state index is 0.107. The molecule has 0 bridgehead atoms. The number of aryl methyl sites for hydroxylation is 1. The van der Waals surface area contributed by atoms with Crippen molar-refractivity contribution in [2.24, 2.45) is 0 Å². The van der Waals surface area contributed by atoms with E-state index in [-0.39, 0.29) is 18.0 Å². The van der Waals surface area contributed by atoms with E-state index in [0.29, 0.717) is 30.9 Å². The first-order valence-electron chi connectivity index (χ1n) is 11.2. The zero-order valence-electron chi connectivity index (χ0n) is 20.8. The van der Waals surface area contributed by atoms with Crippen molar-refractivity contribution in [2.75, 3.05) is 19.6 Å². The number of amides is 2. The highest BCUT2D eigenvalue weighted by Crippen LogP contribution is 2.36. The van der Waals surface area contributed by atoms with E-state index in [1.165, 1.54) is 0 Å². The van der Waals surface area contributed by atoms with Gasteiger partial charge in [0.1, 0.15) is 5.60 Å². The molecule has 2 amide bonds. The Kier molecular flexibility index (Phi) is 6.39. The van der Waals surface area contributed by atoms with E-state index in [1.807, 2.05) is 68.4 Å². The first-order valence-corrected chi connectivity index (χ1v) is 11.2. The molecule has 1 unspecified atom stereocenters. The first-order chi connectivity index (χ1) is 14.6. The van der Waals surface area contributed by atoms with Crippen LogP contribution in [0.4, 0.5) is 4.79 Å². The van der Waals surface area contributed by atoms with Crippen LogP contribution >= 0.6 is 0 Å². The van der Waals surface area contributed by atoms with Crippen molar-refractivity contribution in [3.05, 3.63) is 23.5 Å².